The van der Waals surface area contributed by atoms with E-state index >= 15 is 0 Å². The van der Waals surface area contributed by atoms with Crippen LogP contribution in [-0.2, 0) is 18.4 Å². The molecule has 2 atom stereocenters. The monoisotopic (exact) mass is 354 g/mol. The van der Waals surface area contributed by atoms with Gasteiger partial charge in [-0.1, -0.05) is 31.9 Å². The lowest BCUT2D eigenvalue weighted by Crippen LogP contribution is -2.42. The van der Waals surface area contributed by atoms with Crippen LogP contribution in [-0.4, -0.2) is 27.8 Å². The van der Waals surface area contributed by atoms with E-state index in [2.05, 4.69) is 29.6 Å². The summed E-state index contributed by atoms with van der Waals surface area (Å²) in [5, 5.41) is 11.9. The van der Waals surface area contributed by atoms with Gasteiger partial charge in [-0.2, -0.15) is 5.10 Å². The zero-order valence-electron chi connectivity index (χ0n) is 15.5. The van der Waals surface area contributed by atoms with Gasteiger partial charge >= 0.3 is 0 Å². The van der Waals surface area contributed by atoms with Crippen molar-refractivity contribution in [1.82, 2.24) is 20.4 Å². The van der Waals surface area contributed by atoms with Crippen molar-refractivity contribution in [2.24, 2.45) is 13.0 Å². The number of carbonyl (C=O) groups is 1. The maximum Gasteiger partial charge on any atom is 0.223 e. The van der Waals surface area contributed by atoms with Gasteiger partial charge in [0.15, 0.2) is 0 Å². The number of carbonyl (C=O) groups excluding carboxylic acids is 1. The Labute approximate surface area is 150 Å². The van der Waals surface area contributed by atoms with Crippen LogP contribution in [0.15, 0.2) is 0 Å². The van der Waals surface area contributed by atoms with E-state index in [1.807, 2.05) is 20.9 Å². The highest BCUT2D eigenvalue weighted by molar-refractivity contribution is 6.30. The van der Waals surface area contributed by atoms with Gasteiger partial charge in [0.1, 0.15) is 5.15 Å². The van der Waals surface area contributed by atoms with Crippen LogP contribution in [0.3, 0.4) is 0 Å². The van der Waals surface area contributed by atoms with Gasteiger partial charge in [-0.3, -0.25) is 9.48 Å². The summed E-state index contributed by atoms with van der Waals surface area (Å²) in [6, 6.07) is 0.562. The predicted octanol–water partition coefficient (Wildman–Crippen LogP) is 3.37. The molecular weight excluding hydrogens is 324 g/mol. The molecule has 6 heteroatoms. The van der Waals surface area contributed by atoms with Crippen molar-refractivity contribution in [3.05, 3.63) is 16.4 Å². The van der Waals surface area contributed by atoms with E-state index in [9.17, 15) is 4.79 Å². The Morgan fingerprint density at radius 3 is 2.67 bits per heavy atom. The first-order valence-electron chi connectivity index (χ1n) is 9.04. The molecule has 0 bridgehead atoms. The molecule has 1 amide bonds. The van der Waals surface area contributed by atoms with Gasteiger partial charge < -0.3 is 10.6 Å². The summed E-state index contributed by atoms with van der Waals surface area (Å²) in [6.45, 7) is 9.00. The molecule has 1 fully saturated rings. The molecule has 1 aromatic rings. The number of aromatic nitrogens is 2. The Hall–Kier alpha value is -1.07. The fourth-order valence-electron chi connectivity index (χ4n) is 3.46. The number of rotatable bonds is 6. The molecule has 0 radical (unpaired) electrons. The Kier molecular flexibility index (Phi) is 6.70. The second-order valence-electron chi connectivity index (χ2n) is 7.54. The molecule has 0 saturated heterocycles. The van der Waals surface area contributed by atoms with Crippen molar-refractivity contribution in [2.45, 2.75) is 77.9 Å². The molecule has 0 aromatic carbocycles. The molecule has 2 N–H and O–H groups in total. The van der Waals surface area contributed by atoms with Gasteiger partial charge in [0.2, 0.25) is 5.91 Å². The Bertz CT molecular complexity index is 568. The summed E-state index contributed by atoms with van der Waals surface area (Å²) in [7, 11) is 1.88. The minimum Gasteiger partial charge on any atom is -0.354 e. The van der Waals surface area contributed by atoms with Crippen LogP contribution in [0.2, 0.25) is 5.15 Å². The second-order valence-corrected chi connectivity index (χ2v) is 7.90. The third kappa shape index (κ3) is 4.73. The van der Waals surface area contributed by atoms with Crippen molar-refractivity contribution in [3.63, 3.8) is 0 Å². The zero-order chi connectivity index (χ0) is 17.9. The number of amides is 1. The van der Waals surface area contributed by atoms with Crippen LogP contribution < -0.4 is 10.6 Å². The third-order valence-electron chi connectivity index (χ3n) is 4.69. The number of nitrogens with one attached hydrogen (secondary N) is 2. The Morgan fingerprint density at radius 2 is 2.04 bits per heavy atom. The topological polar surface area (TPSA) is 59.0 Å². The average molecular weight is 355 g/mol. The summed E-state index contributed by atoms with van der Waals surface area (Å²) in [5.41, 5.74) is 2.14. The predicted molar refractivity (Wildman–Crippen MR) is 98.2 cm³/mol. The van der Waals surface area contributed by atoms with E-state index in [0.717, 1.165) is 36.9 Å². The molecule has 1 heterocycles. The first kappa shape index (κ1) is 19.3. The smallest absolute Gasteiger partial charge is 0.223 e. The first-order valence-corrected chi connectivity index (χ1v) is 9.42. The number of halogens is 1. The highest BCUT2D eigenvalue weighted by Gasteiger charge is 2.28. The number of hydrogen-bond acceptors (Lipinski definition) is 3. The van der Waals surface area contributed by atoms with Crippen molar-refractivity contribution in [1.29, 1.82) is 0 Å². The summed E-state index contributed by atoms with van der Waals surface area (Å²) >= 11 is 6.41. The molecule has 0 aliphatic heterocycles. The molecular formula is C18H31ClN4O. The largest absolute Gasteiger partial charge is 0.354 e. The molecule has 2 unspecified atom stereocenters. The number of aryl methyl sites for hydroxylation is 1. The van der Waals surface area contributed by atoms with E-state index in [-0.39, 0.29) is 17.9 Å². The molecule has 1 aliphatic rings. The van der Waals surface area contributed by atoms with Crippen molar-refractivity contribution >= 4 is 17.5 Å². The van der Waals surface area contributed by atoms with Gasteiger partial charge in [-0.25, -0.2) is 0 Å². The first-order chi connectivity index (χ1) is 11.3. The van der Waals surface area contributed by atoms with E-state index < -0.39 is 0 Å². The Balaban J connectivity index is 1.96. The van der Waals surface area contributed by atoms with Crippen LogP contribution in [0.25, 0.3) is 0 Å². The number of nitrogens with zero attached hydrogens (tertiary/aromatic N) is 2. The average Bonchev–Trinajstić information content (AvgIpc) is 2.80. The lowest BCUT2D eigenvalue weighted by Gasteiger charge is -2.29. The van der Waals surface area contributed by atoms with E-state index in [1.165, 1.54) is 0 Å². The van der Waals surface area contributed by atoms with Gasteiger partial charge in [-0.05, 0) is 39.0 Å². The summed E-state index contributed by atoms with van der Waals surface area (Å²) in [4.78, 5) is 12.3. The van der Waals surface area contributed by atoms with Gasteiger partial charge in [0.05, 0.1) is 5.69 Å². The molecule has 136 valence electrons. The van der Waals surface area contributed by atoms with Crippen LogP contribution in [0.4, 0.5) is 0 Å². The summed E-state index contributed by atoms with van der Waals surface area (Å²) < 4.78 is 1.74. The maximum atomic E-state index is 12.3. The van der Waals surface area contributed by atoms with Crippen LogP contribution in [0.5, 0.6) is 0 Å². The minimum absolute atomic E-state index is 0.118. The fourth-order valence-corrected chi connectivity index (χ4v) is 3.66. The van der Waals surface area contributed by atoms with E-state index in [0.29, 0.717) is 23.7 Å². The van der Waals surface area contributed by atoms with Crippen molar-refractivity contribution in [3.8, 4) is 0 Å². The highest BCUT2D eigenvalue weighted by Crippen LogP contribution is 2.28. The fraction of sp³-hybridized carbons (Fsp3) is 0.778. The zero-order valence-corrected chi connectivity index (χ0v) is 16.3. The third-order valence-corrected chi connectivity index (χ3v) is 5.16. The highest BCUT2D eigenvalue weighted by atomic mass is 35.5. The molecule has 24 heavy (non-hydrogen) atoms. The molecule has 1 aromatic heterocycles. The quantitative estimate of drug-likeness (QED) is 0.823. The Morgan fingerprint density at radius 1 is 1.33 bits per heavy atom. The van der Waals surface area contributed by atoms with Gasteiger partial charge in [0, 0.05) is 37.2 Å². The minimum atomic E-state index is 0.118. The lowest BCUT2D eigenvalue weighted by molar-refractivity contribution is -0.126. The molecule has 1 saturated carbocycles. The molecule has 2 rings (SSSR count). The summed E-state index contributed by atoms with van der Waals surface area (Å²) in [6.07, 6.45) is 4.08. The maximum absolute atomic E-state index is 12.3. The van der Waals surface area contributed by atoms with Crippen LogP contribution >= 0.6 is 11.6 Å². The van der Waals surface area contributed by atoms with Crippen LogP contribution in [0.1, 0.15) is 70.6 Å². The van der Waals surface area contributed by atoms with Gasteiger partial charge in [-0.15, -0.1) is 0 Å². The summed E-state index contributed by atoms with van der Waals surface area (Å²) in [5.74, 6) is 0.655. The second kappa shape index (κ2) is 8.34. The SMILES string of the molecule is CC(C)NC(=O)C1CCCC(NCc2c(C(C)C)nn(C)c2Cl)C1. The van der Waals surface area contributed by atoms with Crippen LogP contribution in [0, 0.1) is 5.92 Å². The lowest BCUT2D eigenvalue weighted by atomic mass is 9.85. The molecule has 5 nitrogen and oxygen atoms in total. The van der Waals surface area contributed by atoms with Crippen molar-refractivity contribution in [2.75, 3.05) is 0 Å². The normalized spacial score (nSPS) is 21.5. The molecule has 0 spiro atoms. The van der Waals surface area contributed by atoms with Gasteiger partial charge in [0.25, 0.3) is 0 Å². The van der Waals surface area contributed by atoms with E-state index in [1.54, 1.807) is 4.68 Å². The number of hydrogen-bond donors (Lipinski definition) is 2. The van der Waals surface area contributed by atoms with E-state index in [4.69, 9.17) is 11.6 Å². The van der Waals surface area contributed by atoms with Crippen molar-refractivity contribution < 1.29 is 4.79 Å². The standard InChI is InChI=1S/C18H31ClN4O/c1-11(2)16-15(17(19)23(5)22-16)10-20-14-8-6-7-13(9-14)18(24)21-12(3)4/h11-14,20H,6-10H2,1-5H3,(H,21,24). The molecule has 1 aliphatic carbocycles.